The van der Waals surface area contributed by atoms with Crippen molar-refractivity contribution in [1.29, 1.82) is 0 Å². The summed E-state index contributed by atoms with van der Waals surface area (Å²) < 4.78 is 41.4. The molecule has 9 heteroatoms. The molecule has 0 spiro atoms. The maximum atomic E-state index is 13.8. The number of hydrogen-bond acceptors (Lipinski definition) is 2. The van der Waals surface area contributed by atoms with Crippen LogP contribution in [0.5, 0.6) is 0 Å². The third kappa shape index (κ3) is 6.57. The molecule has 3 nitrogen and oxygen atoms in total. The van der Waals surface area contributed by atoms with Crippen LogP contribution >= 0.6 is 34.8 Å². The van der Waals surface area contributed by atoms with Gasteiger partial charge in [0.2, 0.25) is 0 Å². The summed E-state index contributed by atoms with van der Waals surface area (Å²) in [6.45, 7) is 5.40. The number of aryl methyl sites for hydroxylation is 1. The molecule has 0 saturated carbocycles. The zero-order valence-corrected chi connectivity index (χ0v) is 21.3. The van der Waals surface area contributed by atoms with Crippen LogP contribution in [-0.4, -0.2) is 17.1 Å². The molecular weight excluding hydrogens is 520 g/mol. The van der Waals surface area contributed by atoms with E-state index in [1.165, 1.54) is 6.08 Å². The molecule has 3 rings (SSSR count). The van der Waals surface area contributed by atoms with Crippen LogP contribution in [0.3, 0.4) is 0 Å². The fourth-order valence-corrected chi connectivity index (χ4v) is 4.18. The Morgan fingerprint density at radius 1 is 1.03 bits per heavy atom. The van der Waals surface area contributed by atoms with E-state index in [4.69, 9.17) is 34.8 Å². The minimum atomic E-state index is -4.58. The maximum Gasteiger partial charge on any atom is 0.399 e. The van der Waals surface area contributed by atoms with Gasteiger partial charge >= 0.3 is 6.18 Å². The zero-order valence-electron chi connectivity index (χ0n) is 19.1. The van der Waals surface area contributed by atoms with Crippen molar-refractivity contribution in [1.82, 2.24) is 10.3 Å². The van der Waals surface area contributed by atoms with Crippen LogP contribution in [0.1, 0.15) is 52.5 Å². The van der Waals surface area contributed by atoms with Gasteiger partial charge in [0.25, 0.3) is 5.91 Å². The molecule has 0 aliphatic carbocycles. The second kappa shape index (κ2) is 10.6. The van der Waals surface area contributed by atoms with Crippen molar-refractivity contribution in [3.8, 4) is 0 Å². The van der Waals surface area contributed by atoms with Gasteiger partial charge in [-0.25, -0.2) is 0 Å². The van der Waals surface area contributed by atoms with E-state index in [0.29, 0.717) is 22.4 Å². The predicted octanol–water partition coefficient (Wildman–Crippen LogP) is 8.37. The van der Waals surface area contributed by atoms with Crippen LogP contribution in [0, 0.1) is 6.92 Å². The second-order valence-corrected chi connectivity index (χ2v) is 9.74. The van der Waals surface area contributed by atoms with Gasteiger partial charge in [-0.05, 0) is 67.8 Å². The van der Waals surface area contributed by atoms with Crippen LogP contribution in [0.25, 0.3) is 6.08 Å². The van der Waals surface area contributed by atoms with Crippen LogP contribution in [0.15, 0.2) is 60.8 Å². The summed E-state index contributed by atoms with van der Waals surface area (Å²) in [5, 5.41) is 2.83. The van der Waals surface area contributed by atoms with Gasteiger partial charge in [0, 0.05) is 11.8 Å². The van der Waals surface area contributed by atoms with E-state index in [-0.39, 0.29) is 26.5 Å². The van der Waals surface area contributed by atoms with Crippen molar-refractivity contribution in [2.24, 2.45) is 0 Å². The first-order valence-electron chi connectivity index (χ1n) is 10.5. The van der Waals surface area contributed by atoms with E-state index in [0.717, 1.165) is 18.2 Å². The molecule has 3 aromatic rings. The molecule has 0 aliphatic rings. The number of halogens is 6. The van der Waals surface area contributed by atoms with Gasteiger partial charge in [-0.3, -0.25) is 9.78 Å². The Balaban J connectivity index is 1.84. The highest BCUT2D eigenvalue weighted by molar-refractivity contribution is 6.48. The molecule has 1 aromatic heterocycles. The van der Waals surface area contributed by atoms with Crippen molar-refractivity contribution in [3.05, 3.63) is 104 Å². The van der Waals surface area contributed by atoms with Gasteiger partial charge in [-0.1, -0.05) is 65.2 Å². The van der Waals surface area contributed by atoms with E-state index in [9.17, 15) is 18.0 Å². The normalized spacial score (nSPS) is 13.2. The molecule has 1 N–H and O–H groups in total. The van der Waals surface area contributed by atoms with E-state index >= 15 is 0 Å². The van der Waals surface area contributed by atoms with Crippen LogP contribution < -0.4 is 5.32 Å². The van der Waals surface area contributed by atoms with Gasteiger partial charge in [-0.15, -0.1) is 0 Å². The number of nitrogens with zero attached hydrogens (tertiary/aromatic N) is 1. The highest BCUT2D eigenvalue weighted by atomic mass is 35.5. The number of benzene rings is 2. The number of rotatable bonds is 6. The Morgan fingerprint density at radius 3 is 2.23 bits per heavy atom. The summed E-state index contributed by atoms with van der Waals surface area (Å²) in [6, 6.07) is 12.6. The molecule has 184 valence electrons. The molecule has 1 unspecified atom stereocenters. The van der Waals surface area contributed by atoms with Crippen LogP contribution in [0.2, 0.25) is 15.1 Å². The SMILES string of the molecule is Cc1cc(/C=C/C(c2cc(Cl)c(Cl)c(Cl)c2)C(F)(F)F)ccc1C(=O)NC(C)(C)c1ccccn1. The number of amides is 1. The number of hydrogen-bond donors (Lipinski definition) is 1. The first kappa shape index (κ1) is 27.1. The fraction of sp³-hybridized carbons (Fsp3) is 0.231. The monoisotopic (exact) mass is 540 g/mol. The second-order valence-electron chi connectivity index (χ2n) is 8.55. The van der Waals surface area contributed by atoms with Gasteiger partial charge in [0.1, 0.15) is 0 Å². The average Bonchev–Trinajstić information content (AvgIpc) is 2.77. The lowest BCUT2D eigenvalue weighted by Crippen LogP contribution is -2.41. The minimum Gasteiger partial charge on any atom is -0.342 e. The zero-order chi connectivity index (χ0) is 26.0. The molecule has 0 bridgehead atoms. The molecule has 1 amide bonds. The number of allylic oxidation sites excluding steroid dienone is 1. The first-order valence-corrected chi connectivity index (χ1v) is 11.7. The molecule has 0 fully saturated rings. The number of aromatic nitrogens is 1. The van der Waals surface area contributed by atoms with Crippen molar-refractivity contribution in [2.75, 3.05) is 0 Å². The van der Waals surface area contributed by atoms with Crippen molar-refractivity contribution in [2.45, 2.75) is 38.4 Å². The molecule has 2 aromatic carbocycles. The summed E-state index contributed by atoms with van der Waals surface area (Å²) in [5.41, 5.74) is 1.38. The Morgan fingerprint density at radius 2 is 1.69 bits per heavy atom. The topological polar surface area (TPSA) is 42.0 Å². The Hall–Kier alpha value is -2.54. The summed E-state index contributed by atoms with van der Waals surface area (Å²) >= 11 is 17.7. The van der Waals surface area contributed by atoms with E-state index < -0.39 is 17.6 Å². The lowest BCUT2D eigenvalue weighted by atomic mass is 9.95. The van der Waals surface area contributed by atoms with E-state index in [1.54, 1.807) is 37.4 Å². The van der Waals surface area contributed by atoms with Gasteiger partial charge in [-0.2, -0.15) is 13.2 Å². The molecule has 1 heterocycles. The molecule has 35 heavy (non-hydrogen) atoms. The quantitative estimate of drug-likeness (QED) is 0.319. The lowest BCUT2D eigenvalue weighted by Gasteiger charge is -2.26. The van der Waals surface area contributed by atoms with Gasteiger partial charge < -0.3 is 5.32 Å². The summed E-state index contributed by atoms with van der Waals surface area (Å²) in [7, 11) is 0. The standard InChI is InChI=1S/C26H22Cl3F3N2O/c1-15-12-16(7-9-18(15)24(35)34-25(2,3)22-6-4-5-11-33-22)8-10-19(26(30,31)32)17-13-20(27)23(29)21(28)14-17/h4-14,19H,1-3H3,(H,34,35)/b10-8+. The van der Waals surface area contributed by atoms with Crippen LogP contribution in [0.4, 0.5) is 13.2 Å². The van der Waals surface area contributed by atoms with Crippen molar-refractivity contribution in [3.63, 3.8) is 0 Å². The average molecular weight is 542 g/mol. The van der Waals surface area contributed by atoms with Crippen molar-refractivity contribution < 1.29 is 18.0 Å². The number of carbonyl (C=O) groups is 1. The number of pyridine rings is 1. The van der Waals surface area contributed by atoms with Gasteiger partial charge in [0.05, 0.1) is 32.2 Å². The Bertz CT molecular complexity index is 1240. The van der Waals surface area contributed by atoms with Crippen LogP contribution in [-0.2, 0) is 5.54 Å². The molecule has 0 radical (unpaired) electrons. The molecule has 0 aliphatic heterocycles. The first-order chi connectivity index (χ1) is 16.3. The highest BCUT2D eigenvalue weighted by Gasteiger charge is 2.39. The molecular formula is C26H22Cl3F3N2O. The largest absolute Gasteiger partial charge is 0.399 e. The summed E-state index contributed by atoms with van der Waals surface area (Å²) in [5.74, 6) is -2.26. The van der Waals surface area contributed by atoms with Gasteiger partial charge in [0.15, 0.2) is 0 Å². The third-order valence-corrected chi connectivity index (χ3v) is 6.62. The maximum absolute atomic E-state index is 13.8. The van der Waals surface area contributed by atoms with E-state index in [2.05, 4.69) is 10.3 Å². The minimum absolute atomic E-state index is 0.00213. The predicted molar refractivity (Wildman–Crippen MR) is 135 cm³/mol. The summed E-state index contributed by atoms with van der Waals surface area (Å²) in [4.78, 5) is 17.2. The lowest BCUT2D eigenvalue weighted by molar-refractivity contribution is -0.139. The number of carbonyl (C=O) groups excluding carboxylic acids is 1. The Labute approximate surface area is 216 Å². The fourth-order valence-electron chi connectivity index (χ4n) is 3.56. The Kier molecular flexibility index (Phi) is 8.20. The molecule has 0 saturated heterocycles. The smallest absolute Gasteiger partial charge is 0.342 e. The third-order valence-electron chi connectivity index (χ3n) is 5.43. The summed E-state index contributed by atoms with van der Waals surface area (Å²) in [6.07, 6.45) is -0.561. The van der Waals surface area contributed by atoms with Crippen molar-refractivity contribution >= 4 is 46.8 Å². The molecule has 1 atom stereocenters. The highest BCUT2D eigenvalue weighted by Crippen LogP contribution is 2.41. The number of alkyl halides is 3. The number of nitrogens with one attached hydrogen (secondary N) is 1. The van der Waals surface area contributed by atoms with E-state index in [1.807, 2.05) is 26.0 Å².